The van der Waals surface area contributed by atoms with Crippen molar-refractivity contribution in [3.05, 3.63) is 77.5 Å². The maximum absolute atomic E-state index is 13.1. The Kier molecular flexibility index (Phi) is 6.15. The molecule has 11 nitrogen and oxygen atoms in total. The van der Waals surface area contributed by atoms with E-state index in [1.165, 1.54) is 6.20 Å². The van der Waals surface area contributed by atoms with Gasteiger partial charge in [0.25, 0.3) is 0 Å². The molecule has 0 fully saturated rings. The fourth-order valence-electron chi connectivity index (χ4n) is 3.26. The zero-order valence-corrected chi connectivity index (χ0v) is 20.1. The van der Waals surface area contributed by atoms with Crippen molar-refractivity contribution >= 4 is 25.5 Å². The number of hydrogen-bond donors (Lipinski definition) is 3. The molecular weight excluding hydrogens is 478 g/mol. The van der Waals surface area contributed by atoms with Gasteiger partial charge in [-0.25, -0.2) is 21.5 Å². The SMILES string of the molecule is Cc1ccc(NS(=O)(=O)Cc2nnc(CS(=O)(=O)c3[nH]ncc3-c3ccc(C)cc3)n2N)cc1. The average Bonchev–Trinajstić information content (AvgIpc) is 3.39. The molecule has 2 heterocycles. The van der Waals surface area contributed by atoms with Gasteiger partial charge in [-0.1, -0.05) is 47.5 Å². The molecule has 0 radical (unpaired) electrons. The zero-order chi connectivity index (χ0) is 24.5. The molecule has 0 amide bonds. The van der Waals surface area contributed by atoms with Crippen LogP contribution in [0.2, 0.25) is 0 Å². The molecule has 2 aromatic heterocycles. The van der Waals surface area contributed by atoms with E-state index in [9.17, 15) is 16.8 Å². The van der Waals surface area contributed by atoms with Gasteiger partial charge in [-0.3, -0.25) is 9.82 Å². The molecule has 34 heavy (non-hydrogen) atoms. The van der Waals surface area contributed by atoms with Gasteiger partial charge in [-0.15, -0.1) is 10.2 Å². The van der Waals surface area contributed by atoms with Crippen LogP contribution in [0.3, 0.4) is 0 Å². The first kappa shape index (κ1) is 23.4. The number of aromatic nitrogens is 5. The number of sulfonamides is 1. The molecule has 0 aliphatic rings. The molecule has 13 heteroatoms. The van der Waals surface area contributed by atoms with Crippen LogP contribution in [0, 0.1) is 13.8 Å². The number of H-pyrrole nitrogens is 1. The molecule has 0 atom stereocenters. The fourth-order valence-corrected chi connectivity index (χ4v) is 5.74. The van der Waals surface area contributed by atoms with E-state index in [-0.39, 0.29) is 16.7 Å². The number of nitrogens with two attached hydrogens (primary N) is 1. The summed E-state index contributed by atoms with van der Waals surface area (Å²) in [5, 5.41) is 13.9. The van der Waals surface area contributed by atoms with Crippen molar-refractivity contribution in [2.75, 3.05) is 10.6 Å². The minimum atomic E-state index is -3.95. The van der Waals surface area contributed by atoms with Crippen molar-refractivity contribution in [3.63, 3.8) is 0 Å². The van der Waals surface area contributed by atoms with E-state index < -0.39 is 31.4 Å². The summed E-state index contributed by atoms with van der Waals surface area (Å²) < 4.78 is 54.6. The van der Waals surface area contributed by atoms with Crippen molar-refractivity contribution in [2.45, 2.75) is 30.4 Å². The van der Waals surface area contributed by atoms with Gasteiger partial charge in [-0.2, -0.15) is 5.10 Å². The van der Waals surface area contributed by atoms with Crippen molar-refractivity contribution < 1.29 is 16.8 Å². The summed E-state index contributed by atoms with van der Waals surface area (Å²) >= 11 is 0. The first-order chi connectivity index (χ1) is 16.0. The van der Waals surface area contributed by atoms with Crippen LogP contribution in [-0.4, -0.2) is 41.9 Å². The third kappa shape index (κ3) is 5.10. The Labute approximate surface area is 197 Å². The van der Waals surface area contributed by atoms with Crippen LogP contribution in [0.4, 0.5) is 5.69 Å². The molecule has 0 aliphatic carbocycles. The van der Waals surface area contributed by atoms with Crippen molar-refractivity contribution in [1.82, 2.24) is 25.1 Å². The monoisotopic (exact) mass is 501 g/mol. The van der Waals surface area contributed by atoms with Crippen LogP contribution in [-0.2, 0) is 31.4 Å². The molecule has 0 unspecified atom stereocenters. The summed E-state index contributed by atoms with van der Waals surface area (Å²) in [6.07, 6.45) is 1.43. The van der Waals surface area contributed by atoms with Crippen LogP contribution in [0.5, 0.6) is 0 Å². The molecular formula is C21H23N7O4S2. The van der Waals surface area contributed by atoms with Crippen LogP contribution in [0.25, 0.3) is 11.1 Å². The average molecular weight is 502 g/mol. The summed E-state index contributed by atoms with van der Waals surface area (Å²) in [6, 6.07) is 14.1. The highest BCUT2D eigenvalue weighted by Gasteiger charge is 2.27. The molecule has 0 spiro atoms. The summed E-state index contributed by atoms with van der Waals surface area (Å²) in [5.41, 5.74) is 3.50. The Morgan fingerprint density at radius 2 is 1.44 bits per heavy atom. The standard InChI is InChI=1S/C21H23N7O4S2/c1-14-3-7-16(8-4-14)18-11-23-26-21(18)33(29,30)12-19-24-25-20(28(19)22)13-34(31,32)27-17-9-5-15(2)6-10-17/h3-11,27H,12-13,22H2,1-2H3,(H,23,26). The third-order valence-corrected chi connectivity index (χ3v) is 7.83. The Balaban J connectivity index is 1.54. The number of benzene rings is 2. The highest BCUT2D eigenvalue weighted by atomic mass is 32.2. The summed E-state index contributed by atoms with van der Waals surface area (Å²) in [7, 11) is -7.81. The Hall–Kier alpha value is -3.71. The van der Waals surface area contributed by atoms with E-state index in [0.717, 1.165) is 15.8 Å². The lowest BCUT2D eigenvalue weighted by molar-refractivity contribution is 0.589. The molecule has 2 aromatic carbocycles. The molecule has 4 aromatic rings. The lowest BCUT2D eigenvalue weighted by Crippen LogP contribution is -2.23. The topological polar surface area (TPSA) is 166 Å². The maximum Gasteiger partial charge on any atom is 0.240 e. The molecule has 0 saturated carbocycles. The van der Waals surface area contributed by atoms with Gasteiger partial charge in [-0.05, 0) is 31.5 Å². The molecule has 4 rings (SSSR count). The zero-order valence-electron chi connectivity index (χ0n) is 18.4. The van der Waals surface area contributed by atoms with E-state index in [1.54, 1.807) is 36.4 Å². The summed E-state index contributed by atoms with van der Waals surface area (Å²) in [4.78, 5) is 0. The van der Waals surface area contributed by atoms with Crippen LogP contribution in [0.1, 0.15) is 22.8 Å². The Morgan fingerprint density at radius 3 is 2.06 bits per heavy atom. The lowest BCUT2D eigenvalue weighted by Gasteiger charge is -2.09. The number of nitrogen functional groups attached to an aromatic ring is 1. The lowest BCUT2D eigenvalue weighted by atomic mass is 10.1. The third-order valence-electron chi connectivity index (χ3n) is 5.08. The number of nitrogens with one attached hydrogen (secondary N) is 2. The first-order valence-electron chi connectivity index (χ1n) is 10.1. The molecule has 4 N–H and O–H groups in total. The number of aromatic amines is 1. The smallest absolute Gasteiger partial charge is 0.240 e. The van der Waals surface area contributed by atoms with Gasteiger partial charge in [0, 0.05) is 11.3 Å². The Bertz CT molecular complexity index is 1520. The van der Waals surface area contributed by atoms with Crippen molar-refractivity contribution in [3.8, 4) is 11.1 Å². The van der Waals surface area contributed by atoms with E-state index in [4.69, 9.17) is 5.84 Å². The molecule has 178 valence electrons. The minimum absolute atomic E-state index is 0.0884. The largest absolute Gasteiger partial charge is 0.336 e. The second kappa shape index (κ2) is 8.91. The van der Waals surface area contributed by atoms with Crippen LogP contribution in [0.15, 0.2) is 59.8 Å². The van der Waals surface area contributed by atoms with Gasteiger partial charge in [0.05, 0.1) is 6.20 Å². The van der Waals surface area contributed by atoms with Gasteiger partial charge in [0.2, 0.25) is 19.9 Å². The highest BCUT2D eigenvalue weighted by molar-refractivity contribution is 7.92. The minimum Gasteiger partial charge on any atom is -0.336 e. The normalized spacial score (nSPS) is 12.1. The highest BCUT2D eigenvalue weighted by Crippen LogP contribution is 2.27. The van der Waals surface area contributed by atoms with Gasteiger partial charge in [0.15, 0.2) is 16.7 Å². The van der Waals surface area contributed by atoms with E-state index in [2.05, 4.69) is 25.1 Å². The van der Waals surface area contributed by atoms with E-state index >= 15 is 0 Å². The summed E-state index contributed by atoms with van der Waals surface area (Å²) in [5.74, 6) is 4.57. The predicted molar refractivity (Wildman–Crippen MR) is 127 cm³/mol. The van der Waals surface area contributed by atoms with Gasteiger partial charge in [0.1, 0.15) is 11.5 Å². The predicted octanol–water partition coefficient (Wildman–Crippen LogP) is 1.91. The van der Waals surface area contributed by atoms with E-state index in [0.29, 0.717) is 16.8 Å². The molecule has 0 saturated heterocycles. The number of nitrogens with zero attached hydrogens (tertiary/aromatic N) is 4. The van der Waals surface area contributed by atoms with Gasteiger partial charge >= 0.3 is 0 Å². The number of rotatable bonds is 8. The summed E-state index contributed by atoms with van der Waals surface area (Å²) in [6.45, 7) is 3.82. The van der Waals surface area contributed by atoms with E-state index in [1.807, 2.05) is 26.0 Å². The number of hydrogen-bond acceptors (Lipinski definition) is 8. The number of aryl methyl sites for hydroxylation is 2. The van der Waals surface area contributed by atoms with Crippen LogP contribution < -0.4 is 10.6 Å². The van der Waals surface area contributed by atoms with Crippen molar-refractivity contribution in [1.29, 1.82) is 0 Å². The molecule has 0 bridgehead atoms. The van der Waals surface area contributed by atoms with Gasteiger partial charge < -0.3 is 5.84 Å². The second-order valence-corrected chi connectivity index (χ2v) is 11.5. The fraction of sp³-hybridized carbons (Fsp3) is 0.190. The second-order valence-electron chi connectivity index (χ2n) is 7.87. The van der Waals surface area contributed by atoms with Crippen LogP contribution >= 0.6 is 0 Å². The first-order valence-corrected chi connectivity index (χ1v) is 13.4. The molecule has 0 aliphatic heterocycles. The number of anilines is 1. The van der Waals surface area contributed by atoms with Crippen molar-refractivity contribution in [2.24, 2.45) is 0 Å². The Morgan fingerprint density at radius 1 is 0.882 bits per heavy atom. The number of sulfone groups is 1. The quantitative estimate of drug-likeness (QED) is 0.308. The maximum atomic E-state index is 13.1.